The Hall–Kier alpha value is -1.51. The number of aromatic nitrogens is 2. The predicted octanol–water partition coefficient (Wildman–Crippen LogP) is 2.21. The van der Waals surface area contributed by atoms with Crippen LogP contribution in [0.4, 0.5) is 22.0 Å². The lowest BCUT2D eigenvalue weighted by Gasteiger charge is -2.19. The van der Waals surface area contributed by atoms with Crippen LogP contribution in [0.25, 0.3) is 0 Å². The number of hydrogen-bond acceptors (Lipinski definition) is 4. The van der Waals surface area contributed by atoms with Gasteiger partial charge in [0.2, 0.25) is 11.7 Å². The van der Waals surface area contributed by atoms with E-state index < -0.39 is 36.5 Å². The van der Waals surface area contributed by atoms with E-state index in [1.165, 1.54) is 4.90 Å². The molecule has 0 spiro atoms. The molecule has 1 saturated heterocycles. The number of nitrogens with zero attached hydrogens (tertiary/aromatic N) is 3. The lowest BCUT2D eigenvalue weighted by Crippen LogP contribution is -2.36. The minimum atomic E-state index is -4.74. The lowest BCUT2D eigenvalue weighted by atomic mass is 10.2. The van der Waals surface area contributed by atoms with E-state index in [2.05, 4.69) is 9.97 Å². The Kier molecular flexibility index (Phi) is 3.81. The van der Waals surface area contributed by atoms with Crippen molar-refractivity contribution in [3.63, 3.8) is 0 Å². The van der Waals surface area contributed by atoms with Gasteiger partial charge in [-0.1, -0.05) is 6.92 Å². The van der Waals surface area contributed by atoms with Crippen molar-refractivity contribution in [3.8, 4) is 5.88 Å². The number of halogens is 5. The smallest absolute Gasteiger partial charge is 0.451 e. The van der Waals surface area contributed by atoms with Gasteiger partial charge in [-0.2, -0.15) is 18.2 Å². The minimum Gasteiger partial charge on any atom is -0.466 e. The predicted molar refractivity (Wildman–Crippen MR) is 58.5 cm³/mol. The van der Waals surface area contributed by atoms with E-state index >= 15 is 0 Å². The summed E-state index contributed by atoms with van der Waals surface area (Å²) in [5.74, 6) is -5.04. The van der Waals surface area contributed by atoms with Crippen LogP contribution in [0.15, 0.2) is 12.3 Å². The summed E-state index contributed by atoms with van der Waals surface area (Å²) in [5, 5.41) is 0. The highest BCUT2D eigenvalue weighted by Gasteiger charge is 2.49. The van der Waals surface area contributed by atoms with Gasteiger partial charge in [0.25, 0.3) is 5.92 Å². The van der Waals surface area contributed by atoms with Crippen LogP contribution in [-0.2, 0) is 6.18 Å². The molecule has 1 aliphatic heterocycles. The normalized spacial score (nSPS) is 23.0. The molecule has 0 amide bonds. The second-order valence-electron chi connectivity index (χ2n) is 4.41. The van der Waals surface area contributed by atoms with Crippen molar-refractivity contribution in [2.45, 2.75) is 25.1 Å². The standard InChI is InChI=1S/C11H12F5N3O/c1-2-19-5-7(10(12,13)6-19)20-8-3-4-17-9(18-8)11(14,15)16/h3-4,7H,2,5-6H2,1H3. The van der Waals surface area contributed by atoms with Crippen LogP contribution in [0.2, 0.25) is 0 Å². The quantitative estimate of drug-likeness (QED) is 0.802. The van der Waals surface area contributed by atoms with Gasteiger partial charge in [-0.15, -0.1) is 0 Å². The minimum absolute atomic E-state index is 0.0607. The van der Waals surface area contributed by atoms with Crippen LogP contribution >= 0.6 is 0 Å². The van der Waals surface area contributed by atoms with Gasteiger partial charge >= 0.3 is 6.18 Å². The zero-order valence-electron chi connectivity index (χ0n) is 10.5. The SMILES string of the molecule is CCN1CC(Oc2ccnc(C(F)(F)F)n2)C(F)(F)C1. The van der Waals surface area contributed by atoms with E-state index in [1.54, 1.807) is 6.92 Å². The molecule has 9 heteroatoms. The Balaban J connectivity index is 2.14. The van der Waals surface area contributed by atoms with Crippen molar-refractivity contribution in [2.75, 3.05) is 19.6 Å². The van der Waals surface area contributed by atoms with Crippen molar-refractivity contribution >= 4 is 0 Å². The fraction of sp³-hybridized carbons (Fsp3) is 0.636. The van der Waals surface area contributed by atoms with E-state index in [0.29, 0.717) is 6.54 Å². The molecule has 0 N–H and O–H groups in total. The molecule has 0 aromatic carbocycles. The largest absolute Gasteiger partial charge is 0.466 e. The number of hydrogen-bond donors (Lipinski definition) is 0. The Morgan fingerprint density at radius 1 is 1.45 bits per heavy atom. The molecule has 1 fully saturated rings. The van der Waals surface area contributed by atoms with Crippen LogP contribution in [0, 0.1) is 0 Å². The molecule has 20 heavy (non-hydrogen) atoms. The third-order valence-corrected chi connectivity index (χ3v) is 2.92. The first-order valence-electron chi connectivity index (χ1n) is 5.89. The average molecular weight is 297 g/mol. The van der Waals surface area contributed by atoms with E-state index in [4.69, 9.17) is 4.74 Å². The molecule has 112 valence electrons. The topological polar surface area (TPSA) is 38.2 Å². The number of likely N-dealkylation sites (N-methyl/N-ethyl adjacent to an activating group) is 1. The first-order chi connectivity index (χ1) is 9.22. The first kappa shape index (κ1) is 14.9. The molecule has 0 bridgehead atoms. The van der Waals surface area contributed by atoms with Crippen molar-refractivity contribution < 1.29 is 26.7 Å². The van der Waals surface area contributed by atoms with Crippen molar-refractivity contribution in [3.05, 3.63) is 18.1 Å². The molecule has 1 unspecified atom stereocenters. The van der Waals surface area contributed by atoms with Crippen molar-refractivity contribution in [1.82, 2.24) is 14.9 Å². The third kappa shape index (κ3) is 3.14. The summed E-state index contributed by atoms with van der Waals surface area (Å²) >= 11 is 0. The first-order valence-corrected chi connectivity index (χ1v) is 5.89. The molecular weight excluding hydrogens is 285 g/mol. The maximum atomic E-state index is 13.6. The van der Waals surface area contributed by atoms with Gasteiger partial charge in [-0.3, -0.25) is 4.90 Å². The van der Waals surface area contributed by atoms with Gasteiger partial charge in [0, 0.05) is 18.8 Å². The van der Waals surface area contributed by atoms with Gasteiger partial charge in [-0.25, -0.2) is 13.8 Å². The average Bonchev–Trinajstić information content (AvgIpc) is 2.64. The molecule has 2 heterocycles. The number of rotatable bonds is 3. The molecule has 0 radical (unpaired) electrons. The lowest BCUT2D eigenvalue weighted by molar-refractivity contribution is -0.145. The molecule has 0 saturated carbocycles. The number of ether oxygens (including phenoxy) is 1. The molecule has 4 nitrogen and oxygen atoms in total. The van der Waals surface area contributed by atoms with Gasteiger partial charge in [0.05, 0.1) is 6.54 Å². The van der Waals surface area contributed by atoms with E-state index in [0.717, 1.165) is 12.3 Å². The highest BCUT2D eigenvalue weighted by atomic mass is 19.4. The molecule has 1 aliphatic rings. The van der Waals surface area contributed by atoms with Crippen LogP contribution in [0.3, 0.4) is 0 Å². The maximum absolute atomic E-state index is 13.6. The molecule has 2 rings (SSSR count). The summed E-state index contributed by atoms with van der Waals surface area (Å²) in [4.78, 5) is 7.61. The second kappa shape index (κ2) is 5.12. The summed E-state index contributed by atoms with van der Waals surface area (Å²) in [5.41, 5.74) is 0. The molecule has 1 aromatic heterocycles. The summed E-state index contributed by atoms with van der Waals surface area (Å²) in [6.45, 7) is 1.58. The Morgan fingerprint density at radius 3 is 2.70 bits per heavy atom. The van der Waals surface area contributed by atoms with E-state index in [1.807, 2.05) is 0 Å². The van der Waals surface area contributed by atoms with Crippen LogP contribution in [-0.4, -0.2) is 46.5 Å². The van der Waals surface area contributed by atoms with E-state index in [-0.39, 0.29) is 6.54 Å². The monoisotopic (exact) mass is 297 g/mol. The zero-order chi connectivity index (χ0) is 15.0. The Labute approximate surface area is 111 Å². The summed E-state index contributed by atoms with van der Waals surface area (Å²) in [7, 11) is 0. The fourth-order valence-corrected chi connectivity index (χ4v) is 1.89. The summed E-state index contributed by atoms with van der Waals surface area (Å²) in [6, 6.07) is 1.03. The number of alkyl halides is 5. The fourth-order valence-electron chi connectivity index (χ4n) is 1.89. The van der Waals surface area contributed by atoms with Crippen LogP contribution < -0.4 is 4.74 Å². The molecule has 0 aliphatic carbocycles. The van der Waals surface area contributed by atoms with Crippen molar-refractivity contribution in [2.24, 2.45) is 0 Å². The second-order valence-corrected chi connectivity index (χ2v) is 4.41. The highest BCUT2D eigenvalue weighted by Crippen LogP contribution is 2.31. The molecule has 1 aromatic rings. The number of likely N-dealkylation sites (tertiary alicyclic amines) is 1. The maximum Gasteiger partial charge on any atom is 0.451 e. The van der Waals surface area contributed by atoms with Crippen LogP contribution in [0.1, 0.15) is 12.7 Å². The van der Waals surface area contributed by atoms with Gasteiger partial charge in [-0.05, 0) is 6.54 Å². The molecule has 1 atom stereocenters. The highest BCUT2D eigenvalue weighted by molar-refractivity contribution is 5.12. The summed E-state index contributed by atoms with van der Waals surface area (Å²) in [6.07, 6.45) is -5.43. The van der Waals surface area contributed by atoms with Crippen LogP contribution in [0.5, 0.6) is 5.88 Å². The van der Waals surface area contributed by atoms with Gasteiger partial charge in [0.15, 0.2) is 6.10 Å². The Morgan fingerprint density at radius 2 is 2.15 bits per heavy atom. The van der Waals surface area contributed by atoms with Gasteiger partial charge < -0.3 is 4.74 Å². The zero-order valence-corrected chi connectivity index (χ0v) is 10.5. The molecular formula is C11H12F5N3O. The van der Waals surface area contributed by atoms with E-state index in [9.17, 15) is 22.0 Å². The van der Waals surface area contributed by atoms with Gasteiger partial charge in [0.1, 0.15) is 0 Å². The Bertz CT molecular complexity index is 479. The van der Waals surface area contributed by atoms with Crippen molar-refractivity contribution in [1.29, 1.82) is 0 Å². The third-order valence-electron chi connectivity index (χ3n) is 2.92. The summed E-state index contributed by atoms with van der Waals surface area (Å²) < 4.78 is 69.4.